The van der Waals surface area contributed by atoms with Crippen molar-refractivity contribution in [2.75, 3.05) is 19.7 Å². The second-order valence-corrected chi connectivity index (χ2v) is 11.0. The molecule has 48 heavy (non-hydrogen) atoms. The molecule has 0 aliphatic rings. The van der Waals surface area contributed by atoms with Gasteiger partial charge in [0.1, 0.15) is 12.4 Å². The SMILES string of the molecule is CCNC(=O)C(COC(=O)Cc1ccc(OC(=O)c2ccccc2-c2ccc(C(F)(F)F)cc2)c(Cl)c1)(C(=O)NCC)c1ccccc1. The van der Waals surface area contributed by atoms with E-state index in [0.717, 1.165) is 12.1 Å². The third-order valence-electron chi connectivity index (χ3n) is 7.38. The minimum Gasteiger partial charge on any atom is -0.463 e. The summed E-state index contributed by atoms with van der Waals surface area (Å²) in [6.07, 6.45) is -4.78. The number of likely N-dealkylation sites (N-methyl/N-ethyl adjacent to an activating group) is 2. The predicted molar refractivity (Wildman–Crippen MR) is 173 cm³/mol. The highest BCUT2D eigenvalue weighted by molar-refractivity contribution is 6.32. The van der Waals surface area contributed by atoms with E-state index in [1.807, 2.05) is 0 Å². The summed E-state index contributed by atoms with van der Waals surface area (Å²) in [5.41, 5.74) is -1.07. The Morgan fingerprint density at radius 2 is 1.35 bits per heavy atom. The number of amides is 2. The fraction of sp³-hybridized carbons (Fsp3) is 0.222. The second-order valence-electron chi connectivity index (χ2n) is 10.6. The number of carbonyl (C=O) groups excluding carboxylic acids is 4. The van der Waals surface area contributed by atoms with Gasteiger partial charge in [0.2, 0.25) is 11.8 Å². The summed E-state index contributed by atoms with van der Waals surface area (Å²) in [4.78, 5) is 52.8. The summed E-state index contributed by atoms with van der Waals surface area (Å²) in [5.74, 6) is -2.80. The van der Waals surface area contributed by atoms with Gasteiger partial charge in [-0.05, 0) is 66.4 Å². The van der Waals surface area contributed by atoms with Crippen LogP contribution in [-0.4, -0.2) is 43.4 Å². The van der Waals surface area contributed by atoms with Crippen molar-refractivity contribution in [2.24, 2.45) is 0 Å². The number of hydrogen-bond acceptors (Lipinski definition) is 6. The van der Waals surface area contributed by atoms with Crippen LogP contribution < -0.4 is 15.4 Å². The molecule has 250 valence electrons. The highest BCUT2D eigenvalue weighted by atomic mass is 35.5. The molecule has 4 aromatic carbocycles. The number of benzene rings is 4. The lowest BCUT2D eigenvalue weighted by Crippen LogP contribution is -2.57. The zero-order valence-electron chi connectivity index (χ0n) is 26.0. The Bertz CT molecular complexity index is 1760. The molecule has 0 aliphatic heterocycles. The highest BCUT2D eigenvalue weighted by Crippen LogP contribution is 2.33. The van der Waals surface area contributed by atoms with Crippen LogP contribution in [0.5, 0.6) is 5.75 Å². The lowest BCUT2D eigenvalue weighted by Gasteiger charge is -2.31. The molecule has 4 rings (SSSR count). The van der Waals surface area contributed by atoms with Crippen molar-refractivity contribution in [1.82, 2.24) is 10.6 Å². The predicted octanol–water partition coefficient (Wildman–Crippen LogP) is 6.54. The van der Waals surface area contributed by atoms with Crippen LogP contribution in [0.4, 0.5) is 13.2 Å². The van der Waals surface area contributed by atoms with Gasteiger partial charge in [-0.25, -0.2) is 4.79 Å². The minimum absolute atomic E-state index is 0.00365. The van der Waals surface area contributed by atoms with E-state index in [2.05, 4.69) is 10.6 Å². The Hall–Kier alpha value is -5.16. The molecule has 0 saturated carbocycles. The lowest BCUT2D eigenvalue weighted by atomic mass is 9.79. The molecule has 0 aromatic heterocycles. The van der Waals surface area contributed by atoms with E-state index in [-0.39, 0.29) is 35.8 Å². The first-order valence-electron chi connectivity index (χ1n) is 15.0. The topological polar surface area (TPSA) is 111 Å². The molecule has 0 unspecified atom stereocenters. The number of ether oxygens (including phenoxy) is 2. The summed E-state index contributed by atoms with van der Waals surface area (Å²) in [5, 5.41) is 5.34. The van der Waals surface area contributed by atoms with Crippen molar-refractivity contribution >= 4 is 35.4 Å². The van der Waals surface area contributed by atoms with Gasteiger partial charge in [0.25, 0.3) is 0 Å². The first kappa shape index (κ1) is 35.7. The number of nitrogens with one attached hydrogen (secondary N) is 2. The molecule has 2 amide bonds. The number of hydrogen-bond donors (Lipinski definition) is 2. The molecule has 0 fully saturated rings. The van der Waals surface area contributed by atoms with Crippen molar-refractivity contribution in [3.05, 3.63) is 124 Å². The lowest BCUT2D eigenvalue weighted by molar-refractivity contribution is -0.150. The van der Waals surface area contributed by atoms with E-state index < -0.39 is 47.5 Å². The van der Waals surface area contributed by atoms with Crippen LogP contribution in [0.25, 0.3) is 11.1 Å². The Kier molecular flexibility index (Phi) is 11.6. The molecule has 0 heterocycles. The molecule has 12 heteroatoms. The quantitative estimate of drug-likeness (QED) is 0.0999. The van der Waals surface area contributed by atoms with Gasteiger partial charge < -0.3 is 20.1 Å². The van der Waals surface area contributed by atoms with Crippen LogP contribution in [0.15, 0.2) is 97.1 Å². The zero-order chi connectivity index (χ0) is 34.9. The molecule has 0 aliphatic carbocycles. The van der Waals surface area contributed by atoms with E-state index in [4.69, 9.17) is 21.1 Å². The van der Waals surface area contributed by atoms with Gasteiger partial charge in [-0.15, -0.1) is 0 Å². The van der Waals surface area contributed by atoms with Gasteiger partial charge in [0.05, 0.1) is 22.6 Å². The number of alkyl halides is 3. The van der Waals surface area contributed by atoms with Gasteiger partial charge in [-0.3, -0.25) is 14.4 Å². The number of halogens is 4. The average Bonchev–Trinajstić information content (AvgIpc) is 3.06. The minimum atomic E-state index is -4.50. The first-order valence-corrected chi connectivity index (χ1v) is 15.3. The molecule has 0 atom stereocenters. The van der Waals surface area contributed by atoms with Gasteiger partial charge in [-0.1, -0.05) is 78.3 Å². The first-order chi connectivity index (χ1) is 22.9. The normalized spacial score (nSPS) is 11.4. The maximum Gasteiger partial charge on any atom is 0.416 e. The third kappa shape index (κ3) is 8.21. The number of rotatable bonds is 12. The van der Waals surface area contributed by atoms with Gasteiger partial charge in [-0.2, -0.15) is 13.2 Å². The maximum absolute atomic E-state index is 13.3. The molecule has 0 spiro atoms. The van der Waals surface area contributed by atoms with Crippen LogP contribution in [0.1, 0.15) is 40.9 Å². The average molecular weight is 681 g/mol. The van der Waals surface area contributed by atoms with Crippen LogP contribution in [0, 0.1) is 0 Å². The van der Waals surface area contributed by atoms with Crippen molar-refractivity contribution in [1.29, 1.82) is 0 Å². The summed E-state index contributed by atoms with van der Waals surface area (Å²) in [6, 6.07) is 23.3. The Morgan fingerprint density at radius 1 is 0.750 bits per heavy atom. The third-order valence-corrected chi connectivity index (χ3v) is 7.68. The van der Waals surface area contributed by atoms with E-state index in [1.54, 1.807) is 62.4 Å². The van der Waals surface area contributed by atoms with E-state index in [1.165, 1.54) is 36.4 Å². The molecule has 2 N–H and O–H groups in total. The maximum atomic E-state index is 13.3. The molecule has 0 bridgehead atoms. The van der Waals surface area contributed by atoms with Crippen molar-refractivity contribution < 1.29 is 41.8 Å². The molecular weight excluding hydrogens is 649 g/mol. The van der Waals surface area contributed by atoms with Crippen LogP contribution in [-0.2, 0) is 37.1 Å². The van der Waals surface area contributed by atoms with E-state index in [9.17, 15) is 32.3 Å². The summed E-state index contributed by atoms with van der Waals surface area (Å²) in [6.45, 7) is 3.35. The standard InChI is InChI=1S/C36H32ClF3N2O6/c1-3-41-33(45)35(34(46)42-4-2,25-10-6-5-7-11-25)22-47-31(43)21-23-14-19-30(29(37)20-23)48-32(44)28-13-9-8-12-27(28)24-15-17-26(18-16-24)36(38,39)40/h5-20H,3-4,21-22H2,1-2H3,(H,41,45)(H,42,46). The van der Waals surface area contributed by atoms with Crippen molar-refractivity contribution in [2.45, 2.75) is 31.9 Å². The smallest absolute Gasteiger partial charge is 0.416 e. The largest absolute Gasteiger partial charge is 0.463 e. The number of esters is 2. The fourth-order valence-corrected chi connectivity index (χ4v) is 5.22. The Morgan fingerprint density at radius 3 is 1.94 bits per heavy atom. The Balaban J connectivity index is 1.48. The second kappa shape index (κ2) is 15.6. The van der Waals surface area contributed by atoms with Crippen molar-refractivity contribution in [3.63, 3.8) is 0 Å². The molecule has 8 nitrogen and oxygen atoms in total. The van der Waals surface area contributed by atoms with Crippen LogP contribution in [0.3, 0.4) is 0 Å². The zero-order valence-corrected chi connectivity index (χ0v) is 26.8. The molecule has 0 saturated heterocycles. The Labute approximate surface area is 280 Å². The van der Waals surface area contributed by atoms with E-state index in [0.29, 0.717) is 22.3 Å². The van der Waals surface area contributed by atoms with Crippen molar-refractivity contribution in [3.8, 4) is 16.9 Å². The summed E-state index contributed by atoms with van der Waals surface area (Å²) >= 11 is 6.40. The summed E-state index contributed by atoms with van der Waals surface area (Å²) in [7, 11) is 0. The number of carbonyl (C=O) groups is 4. The van der Waals surface area contributed by atoms with Crippen LogP contribution in [0.2, 0.25) is 5.02 Å². The molecule has 0 radical (unpaired) electrons. The summed E-state index contributed by atoms with van der Waals surface area (Å²) < 4.78 is 50.1. The monoisotopic (exact) mass is 680 g/mol. The van der Waals surface area contributed by atoms with Gasteiger partial charge in [0, 0.05) is 13.1 Å². The molecular formula is C36H32ClF3N2O6. The van der Waals surface area contributed by atoms with E-state index >= 15 is 0 Å². The molecule has 4 aromatic rings. The fourth-order valence-electron chi connectivity index (χ4n) is 4.98. The van der Waals surface area contributed by atoms with Gasteiger partial charge >= 0.3 is 18.1 Å². The van der Waals surface area contributed by atoms with Gasteiger partial charge in [0.15, 0.2) is 5.41 Å². The highest BCUT2D eigenvalue weighted by Gasteiger charge is 2.48. The van der Waals surface area contributed by atoms with Crippen LogP contribution >= 0.6 is 11.6 Å².